The van der Waals surface area contributed by atoms with E-state index in [-0.39, 0.29) is 18.9 Å². The normalized spacial score (nSPS) is 10.5. The molecule has 8 heteroatoms. The zero-order valence-electron chi connectivity index (χ0n) is 24.8. The molecule has 1 N–H and O–H groups in total. The van der Waals surface area contributed by atoms with Gasteiger partial charge in [-0.1, -0.05) is 72.8 Å². The maximum atomic E-state index is 12.9. The summed E-state index contributed by atoms with van der Waals surface area (Å²) in [6, 6.07) is 29.0. The van der Waals surface area contributed by atoms with Gasteiger partial charge >= 0.3 is 5.97 Å². The van der Waals surface area contributed by atoms with E-state index in [4.69, 9.17) is 23.7 Å². The van der Waals surface area contributed by atoms with E-state index in [9.17, 15) is 9.59 Å². The minimum atomic E-state index is -0.431. The van der Waals surface area contributed by atoms with Crippen molar-refractivity contribution in [1.82, 2.24) is 5.32 Å². The van der Waals surface area contributed by atoms with Gasteiger partial charge in [-0.25, -0.2) is 0 Å². The van der Waals surface area contributed by atoms with Gasteiger partial charge in [0.25, 0.3) is 0 Å². The van der Waals surface area contributed by atoms with Crippen LogP contribution in [0.25, 0.3) is 0 Å². The molecule has 0 aromatic heterocycles. The second-order valence-corrected chi connectivity index (χ2v) is 9.83. The van der Waals surface area contributed by atoms with Crippen molar-refractivity contribution in [2.24, 2.45) is 0 Å². The van der Waals surface area contributed by atoms with Gasteiger partial charge in [-0.15, -0.1) is 0 Å². The average molecular weight is 584 g/mol. The predicted octanol–water partition coefficient (Wildman–Crippen LogP) is 5.83. The first-order valence-electron chi connectivity index (χ1n) is 14.1. The van der Waals surface area contributed by atoms with Crippen LogP contribution in [0.1, 0.15) is 34.7 Å². The maximum absolute atomic E-state index is 12.9. The summed E-state index contributed by atoms with van der Waals surface area (Å²) < 4.78 is 28.5. The number of nitrogens with one attached hydrogen (secondary N) is 1. The fraction of sp³-hybridized carbons (Fsp3) is 0.257. The maximum Gasteiger partial charge on any atom is 0.302 e. The SMILES string of the molecule is COc1cc(CCNC(=O)Cc2ccc(OCc3ccccc3)c(OC)c2COC(C)=O)ccc1OCc1ccccc1. The number of ether oxygens (including phenoxy) is 5. The molecule has 0 saturated carbocycles. The summed E-state index contributed by atoms with van der Waals surface area (Å²) in [6.07, 6.45) is 0.693. The van der Waals surface area contributed by atoms with Gasteiger partial charge < -0.3 is 29.0 Å². The van der Waals surface area contributed by atoms with Crippen molar-refractivity contribution < 1.29 is 33.3 Å². The molecule has 0 aliphatic carbocycles. The summed E-state index contributed by atoms with van der Waals surface area (Å²) in [5.74, 6) is 1.63. The van der Waals surface area contributed by atoms with E-state index < -0.39 is 5.97 Å². The molecule has 224 valence electrons. The first kappa shape index (κ1) is 31.0. The van der Waals surface area contributed by atoms with E-state index in [1.165, 1.54) is 14.0 Å². The Morgan fingerprint density at radius 3 is 1.91 bits per heavy atom. The first-order chi connectivity index (χ1) is 21.0. The molecular weight excluding hydrogens is 546 g/mol. The second kappa shape index (κ2) is 15.9. The van der Waals surface area contributed by atoms with E-state index in [2.05, 4.69) is 5.32 Å². The van der Waals surface area contributed by atoms with Crippen LogP contribution in [-0.2, 0) is 47.0 Å². The molecule has 0 aliphatic heterocycles. The molecule has 8 nitrogen and oxygen atoms in total. The number of methoxy groups -OCH3 is 2. The van der Waals surface area contributed by atoms with Gasteiger partial charge in [-0.2, -0.15) is 0 Å². The molecule has 4 aromatic rings. The lowest BCUT2D eigenvalue weighted by Crippen LogP contribution is -2.27. The lowest BCUT2D eigenvalue weighted by molar-refractivity contribution is -0.142. The Labute approximate surface area is 252 Å². The molecule has 0 atom stereocenters. The fourth-order valence-electron chi connectivity index (χ4n) is 4.52. The summed E-state index contributed by atoms with van der Waals surface area (Å²) in [4.78, 5) is 24.5. The highest BCUT2D eigenvalue weighted by molar-refractivity contribution is 5.79. The molecule has 0 spiro atoms. The van der Waals surface area contributed by atoms with Gasteiger partial charge in [0, 0.05) is 19.0 Å². The monoisotopic (exact) mass is 583 g/mol. The van der Waals surface area contributed by atoms with Crippen LogP contribution in [0.5, 0.6) is 23.0 Å². The van der Waals surface area contributed by atoms with Crippen LogP contribution in [0.2, 0.25) is 0 Å². The third-order valence-corrected chi connectivity index (χ3v) is 6.73. The smallest absolute Gasteiger partial charge is 0.302 e. The zero-order chi connectivity index (χ0) is 30.4. The first-order valence-corrected chi connectivity index (χ1v) is 14.1. The number of amides is 1. The molecule has 4 rings (SSSR count). The molecule has 4 aromatic carbocycles. The van der Waals surface area contributed by atoms with Crippen molar-refractivity contribution in [3.8, 4) is 23.0 Å². The highest BCUT2D eigenvalue weighted by Gasteiger charge is 2.19. The molecular formula is C35H37NO7. The highest BCUT2D eigenvalue weighted by Crippen LogP contribution is 2.35. The highest BCUT2D eigenvalue weighted by atomic mass is 16.5. The largest absolute Gasteiger partial charge is 0.493 e. The number of carbonyl (C=O) groups is 2. The van der Waals surface area contributed by atoms with Crippen LogP contribution >= 0.6 is 0 Å². The molecule has 0 heterocycles. The Hall–Kier alpha value is -4.98. The lowest BCUT2D eigenvalue weighted by Gasteiger charge is -2.18. The summed E-state index contributed by atoms with van der Waals surface area (Å²) in [6.45, 7) is 2.51. The number of benzene rings is 4. The standard InChI is InChI=1S/C35H37NO7/c1-25(37)41-24-30-29(15-17-32(35(30)40-3)43-23-28-12-8-5-9-13-28)21-34(38)36-19-18-26-14-16-31(33(20-26)39-2)42-22-27-10-6-4-7-11-27/h4-17,20H,18-19,21-24H2,1-3H3,(H,36,38). The number of esters is 1. The van der Waals surface area contributed by atoms with Gasteiger partial charge in [0.05, 0.1) is 20.6 Å². The van der Waals surface area contributed by atoms with E-state index in [0.717, 1.165) is 16.7 Å². The Balaban J connectivity index is 1.37. The summed E-state index contributed by atoms with van der Waals surface area (Å²) >= 11 is 0. The van der Waals surface area contributed by atoms with Crippen molar-refractivity contribution >= 4 is 11.9 Å². The van der Waals surface area contributed by atoms with Gasteiger partial charge in [-0.05, 0) is 46.9 Å². The molecule has 0 fully saturated rings. The van der Waals surface area contributed by atoms with Crippen LogP contribution in [0.4, 0.5) is 0 Å². The summed E-state index contributed by atoms with van der Waals surface area (Å²) in [5, 5.41) is 2.98. The van der Waals surface area contributed by atoms with E-state index in [1.807, 2.05) is 78.9 Å². The number of carbonyl (C=O) groups excluding carboxylic acids is 2. The molecule has 0 aliphatic rings. The molecule has 0 bridgehead atoms. The number of rotatable bonds is 15. The third kappa shape index (κ3) is 9.26. The van der Waals surface area contributed by atoms with Crippen LogP contribution in [0, 0.1) is 0 Å². The fourth-order valence-corrected chi connectivity index (χ4v) is 4.52. The van der Waals surface area contributed by atoms with Crippen molar-refractivity contribution in [1.29, 1.82) is 0 Å². The number of hydrogen-bond donors (Lipinski definition) is 1. The van der Waals surface area contributed by atoms with Crippen molar-refractivity contribution in [3.63, 3.8) is 0 Å². The minimum absolute atomic E-state index is 0.0395. The Morgan fingerprint density at radius 2 is 1.30 bits per heavy atom. The molecule has 0 saturated heterocycles. The zero-order valence-corrected chi connectivity index (χ0v) is 24.8. The van der Waals surface area contributed by atoms with Crippen molar-refractivity contribution in [3.05, 3.63) is 119 Å². The van der Waals surface area contributed by atoms with E-state index in [0.29, 0.717) is 60.3 Å². The number of hydrogen-bond acceptors (Lipinski definition) is 7. The molecule has 0 unspecified atom stereocenters. The van der Waals surface area contributed by atoms with Crippen LogP contribution in [0.15, 0.2) is 91.0 Å². The van der Waals surface area contributed by atoms with Crippen molar-refractivity contribution in [2.45, 2.75) is 39.6 Å². The summed E-state index contributed by atoms with van der Waals surface area (Å²) in [5.41, 5.74) is 4.35. The van der Waals surface area contributed by atoms with Crippen LogP contribution < -0.4 is 24.3 Å². The second-order valence-electron chi connectivity index (χ2n) is 9.83. The topological polar surface area (TPSA) is 92.3 Å². The minimum Gasteiger partial charge on any atom is -0.493 e. The molecule has 1 amide bonds. The van der Waals surface area contributed by atoms with Crippen LogP contribution in [-0.4, -0.2) is 32.6 Å². The van der Waals surface area contributed by atoms with Gasteiger partial charge in [0.15, 0.2) is 23.0 Å². The van der Waals surface area contributed by atoms with E-state index >= 15 is 0 Å². The predicted molar refractivity (Wildman–Crippen MR) is 163 cm³/mol. The third-order valence-electron chi connectivity index (χ3n) is 6.73. The Kier molecular flexibility index (Phi) is 11.4. The average Bonchev–Trinajstić information content (AvgIpc) is 3.03. The lowest BCUT2D eigenvalue weighted by atomic mass is 10.0. The summed E-state index contributed by atoms with van der Waals surface area (Å²) in [7, 11) is 3.13. The van der Waals surface area contributed by atoms with Crippen LogP contribution in [0.3, 0.4) is 0 Å². The molecule has 0 radical (unpaired) electrons. The van der Waals surface area contributed by atoms with E-state index in [1.54, 1.807) is 19.2 Å². The van der Waals surface area contributed by atoms with Crippen molar-refractivity contribution in [2.75, 3.05) is 20.8 Å². The van der Waals surface area contributed by atoms with Gasteiger partial charge in [-0.3, -0.25) is 9.59 Å². The quantitative estimate of drug-likeness (QED) is 0.176. The molecule has 43 heavy (non-hydrogen) atoms. The van der Waals surface area contributed by atoms with Gasteiger partial charge in [0.2, 0.25) is 5.91 Å². The Bertz CT molecular complexity index is 1490. The van der Waals surface area contributed by atoms with Gasteiger partial charge in [0.1, 0.15) is 19.8 Å². The Morgan fingerprint density at radius 1 is 0.674 bits per heavy atom.